The molecule has 6 fully saturated rings. The largest absolute Gasteiger partial charge is 0.480 e. The summed E-state index contributed by atoms with van der Waals surface area (Å²) in [5, 5.41) is 18.4. The van der Waals surface area contributed by atoms with E-state index in [1.807, 2.05) is 91.0 Å². The molecule has 0 amide bonds. The molecule has 0 aromatic heterocycles. The molecule has 6 aliphatic rings. The van der Waals surface area contributed by atoms with Crippen LogP contribution in [0.5, 0.6) is 0 Å². The summed E-state index contributed by atoms with van der Waals surface area (Å²) >= 11 is 0. The maximum absolute atomic E-state index is 12.5. The van der Waals surface area contributed by atoms with Crippen LogP contribution in [-0.4, -0.2) is 71.5 Å². The van der Waals surface area contributed by atoms with Crippen LogP contribution in [0.1, 0.15) is 56.7 Å². The van der Waals surface area contributed by atoms with E-state index in [0.29, 0.717) is 19.3 Å². The molecule has 52 heavy (non-hydrogen) atoms. The van der Waals surface area contributed by atoms with Gasteiger partial charge in [-0.05, 0) is 56.7 Å². The van der Waals surface area contributed by atoms with Crippen LogP contribution in [0.25, 0.3) is 0 Å². The smallest absolute Gasteiger partial charge is 0.325 e. The van der Waals surface area contributed by atoms with Gasteiger partial charge in [-0.1, -0.05) is 91.0 Å². The Morgan fingerprint density at radius 2 is 0.827 bits per heavy atom. The van der Waals surface area contributed by atoms with Gasteiger partial charge in [0.15, 0.2) is 16.2 Å². The van der Waals surface area contributed by atoms with Crippen LogP contribution in [0.15, 0.2) is 91.0 Å². The minimum Gasteiger partial charge on any atom is -0.480 e. The Kier molecular flexibility index (Phi) is 7.72. The highest BCUT2D eigenvalue weighted by Gasteiger charge is 2.84. The molecular formula is C40H38O12. The molecule has 0 spiro atoms. The number of hydrogen-bond donors (Lipinski definition) is 2. The van der Waals surface area contributed by atoms with Crippen molar-refractivity contribution >= 4 is 35.8 Å². The molecule has 3 aromatic rings. The zero-order chi connectivity index (χ0) is 37.4. The number of rotatable bonds is 6. The number of benzene rings is 3. The highest BCUT2D eigenvalue weighted by Crippen LogP contribution is 2.71. The van der Waals surface area contributed by atoms with Gasteiger partial charge in [0.05, 0.1) is 16.2 Å². The average Bonchev–Trinajstić information content (AvgIpc) is 4.06. The molecule has 4 unspecified atom stereocenters. The van der Waals surface area contributed by atoms with Gasteiger partial charge in [-0.15, -0.1) is 0 Å². The third kappa shape index (κ3) is 4.65. The molecule has 0 bridgehead atoms. The van der Waals surface area contributed by atoms with Crippen molar-refractivity contribution in [1.82, 2.24) is 0 Å². The van der Waals surface area contributed by atoms with Gasteiger partial charge >= 0.3 is 35.8 Å². The van der Waals surface area contributed by atoms with Crippen molar-refractivity contribution in [2.45, 2.75) is 61.9 Å². The maximum Gasteiger partial charge on any atom is 0.325 e. The molecule has 3 saturated carbocycles. The predicted octanol–water partition coefficient (Wildman–Crippen LogP) is 4.12. The molecule has 12 nitrogen and oxygen atoms in total. The van der Waals surface area contributed by atoms with E-state index < -0.39 is 73.9 Å². The zero-order valence-corrected chi connectivity index (χ0v) is 28.9. The summed E-state index contributed by atoms with van der Waals surface area (Å²) in [5.74, 6) is -4.24. The predicted molar refractivity (Wildman–Crippen MR) is 180 cm³/mol. The molecule has 2 N–H and O–H groups in total. The summed E-state index contributed by atoms with van der Waals surface area (Å²) in [5.41, 5.74) is -3.46. The summed E-state index contributed by atoms with van der Waals surface area (Å²) < 4.78 is 20.5. The Bertz CT molecular complexity index is 1900. The van der Waals surface area contributed by atoms with Gasteiger partial charge in [0.1, 0.15) is 25.4 Å². The quantitative estimate of drug-likeness (QED) is 0.213. The number of carboxylic acid groups (broad SMARTS) is 2. The van der Waals surface area contributed by atoms with Crippen molar-refractivity contribution in [1.29, 1.82) is 0 Å². The standard InChI is InChI=1S/C16H18O4.2C12H10O4/c1-14(2,3)20-13(18)16-9-15(16,10-19-12(16)17)11-7-5-4-6-8-11;2*13-9(14)12-6-11(12,7-16-10(12)15)8-4-2-1-3-5-8/h4-8H,9-10H2,1-3H3;2*1-5H,6-7H2,(H,13,14)/t15?,16-;11?,12-;/m10./s1. The van der Waals surface area contributed by atoms with Crippen LogP contribution in [0.2, 0.25) is 0 Å². The molecule has 3 aliphatic heterocycles. The van der Waals surface area contributed by atoms with E-state index in [1.54, 1.807) is 20.8 Å². The number of carbonyl (C=O) groups is 6. The van der Waals surface area contributed by atoms with Gasteiger partial charge in [-0.25, -0.2) is 0 Å². The first-order valence-corrected chi connectivity index (χ1v) is 17.0. The Labute approximate surface area is 299 Å². The number of hydrogen-bond acceptors (Lipinski definition) is 10. The summed E-state index contributed by atoms with van der Waals surface area (Å²) in [6, 6.07) is 28.1. The summed E-state index contributed by atoms with van der Waals surface area (Å²) in [6.07, 6.45) is 1.20. The molecular weight excluding hydrogens is 672 g/mol. The van der Waals surface area contributed by atoms with E-state index in [2.05, 4.69) is 0 Å². The normalized spacial score (nSPS) is 33.9. The van der Waals surface area contributed by atoms with Crippen molar-refractivity contribution in [2.75, 3.05) is 19.8 Å². The van der Waals surface area contributed by atoms with Crippen LogP contribution in [0.3, 0.4) is 0 Å². The van der Waals surface area contributed by atoms with E-state index in [-0.39, 0.29) is 19.8 Å². The average molecular weight is 711 g/mol. The van der Waals surface area contributed by atoms with E-state index in [0.717, 1.165) is 16.7 Å². The number of carboxylic acids is 2. The monoisotopic (exact) mass is 710 g/mol. The van der Waals surface area contributed by atoms with E-state index in [9.17, 15) is 39.0 Å². The van der Waals surface area contributed by atoms with Crippen LogP contribution in [-0.2, 0) is 64.0 Å². The first kappa shape index (κ1) is 34.9. The zero-order valence-electron chi connectivity index (χ0n) is 28.9. The van der Waals surface area contributed by atoms with Crippen molar-refractivity contribution in [3.05, 3.63) is 108 Å². The fourth-order valence-corrected chi connectivity index (χ4v) is 8.50. The number of ether oxygens (including phenoxy) is 4. The lowest BCUT2D eigenvalue weighted by atomic mass is 9.88. The molecule has 3 saturated heterocycles. The third-order valence-electron chi connectivity index (χ3n) is 11.6. The summed E-state index contributed by atoms with van der Waals surface area (Å²) in [7, 11) is 0. The number of carbonyl (C=O) groups excluding carboxylic acids is 4. The fraction of sp³-hybridized carbons (Fsp3) is 0.400. The third-order valence-corrected chi connectivity index (χ3v) is 11.6. The lowest BCUT2D eigenvalue weighted by Crippen LogP contribution is -2.36. The molecule has 12 heteroatoms. The van der Waals surface area contributed by atoms with Gasteiger partial charge < -0.3 is 29.2 Å². The summed E-state index contributed by atoms with van der Waals surface area (Å²) in [4.78, 5) is 70.2. The molecule has 3 aliphatic carbocycles. The highest BCUT2D eigenvalue weighted by molar-refractivity contribution is 6.09. The lowest BCUT2D eigenvalue weighted by Gasteiger charge is -2.22. The number of cyclic esters (lactones) is 3. The Hall–Kier alpha value is -5.52. The Morgan fingerprint density at radius 3 is 1.12 bits per heavy atom. The van der Waals surface area contributed by atoms with Gasteiger partial charge in [0.25, 0.3) is 0 Å². The number of fused-ring (bicyclic) bond motifs is 3. The Morgan fingerprint density at radius 1 is 0.538 bits per heavy atom. The van der Waals surface area contributed by atoms with Gasteiger partial charge in [0, 0.05) is 0 Å². The summed E-state index contributed by atoms with van der Waals surface area (Å²) in [6.45, 7) is 6.02. The second-order valence-electron chi connectivity index (χ2n) is 15.4. The molecule has 3 heterocycles. The highest BCUT2D eigenvalue weighted by atomic mass is 16.6. The minimum absolute atomic E-state index is 0.183. The van der Waals surface area contributed by atoms with Gasteiger partial charge in [0.2, 0.25) is 0 Å². The van der Waals surface area contributed by atoms with Crippen molar-refractivity contribution < 1.29 is 57.9 Å². The first-order valence-electron chi connectivity index (χ1n) is 17.0. The molecule has 3 aromatic carbocycles. The van der Waals surface area contributed by atoms with Crippen molar-refractivity contribution in [3.63, 3.8) is 0 Å². The van der Waals surface area contributed by atoms with Crippen molar-refractivity contribution in [3.8, 4) is 0 Å². The Balaban J connectivity index is 0.000000122. The minimum atomic E-state index is -1.33. The SMILES string of the molecule is CC(C)(C)OC(=O)[C@]12CC1(c1ccccc1)COC2=O.O=C(O)C12CC1(c1ccccc1)COC2=O.O=C(O)[C@]12CC1(c1ccccc1)COC2=O. The second-order valence-corrected chi connectivity index (χ2v) is 15.4. The van der Waals surface area contributed by atoms with E-state index in [4.69, 9.17) is 18.9 Å². The van der Waals surface area contributed by atoms with E-state index in [1.165, 1.54) is 0 Å². The van der Waals surface area contributed by atoms with Crippen LogP contribution in [0, 0.1) is 16.2 Å². The maximum atomic E-state index is 12.5. The molecule has 6 atom stereocenters. The van der Waals surface area contributed by atoms with Crippen LogP contribution in [0.4, 0.5) is 0 Å². The fourth-order valence-electron chi connectivity index (χ4n) is 8.50. The second kappa shape index (κ2) is 11.5. The molecule has 0 radical (unpaired) electrons. The molecule has 9 rings (SSSR count). The lowest BCUT2D eigenvalue weighted by molar-refractivity contribution is -0.168. The van der Waals surface area contributed by atoms with Gasteiger partial charge in [-0.3, -0.25) is 28.8 Å². The van der Waals surface area contributed by atoms with Gasteiger partial charge in [-0.2, -0.15) is 0 Å². The topological polar surface area (TPSA) is 180 Å². The number of esters is 4. The van der Waals surface area contributed by atoms with E-state index >= 15 is 0 Å². The molecule has 270 valence electrons. The van der Waals surface area contributed by atoms with Crippen LogP contribution < -0.4 is 0 Å². The first-order chi connectivity index (χ1) is 24.6. The number of aliphatic carboxylic acids is 2. The van der Waals surface area contributed by atoms with Crippen LogP contribution >= 0.6 is 0 Å². The van der Waals surface area contributed by atoms with Crippen molar-refractivity contribution in [2.24, 2.45) is 16.2 Å².